The van der Waals surface area contributed by atoms with Crippen molar-refractivity contribution in [2.75, 3.05) is 25.5 Å². The molecule has 0 heterocycles. The number of benzene rings is 1. The molecule has 0 fully saturated rings. The molecule has 0 radical (unpaired) electrons. The van der Waals surface area contributed by atoms with Crippen molar-refractivity contribution < 1.29 is 14.3 Å². The Labute approximate surface area is 125 Å². The number of hydrogen-bond donors (Lipinski definition) is 3. The van der Waals surface area contributed by atoms with E-state index in [1.54, 1.807) is 31.3 Å². The van der Waals surface area contributed by atoms with Crippen LogP contribution in [-0.2, 0) is 9.59 Å². The number of amides is 2. The van der Waals surface area contributed by atoms with Gasteiger partial charge in [0.15, 0.2) is 6.61 Å². The zero-order valence-corrected chi connectivity index (χ0v) is 12.7. The first-order valence-electron chi connectivity index (χ1n) is 6.90. The molecule has 0 aliphatic rings. The maximum absolute atomic E-state index is 12.2. The van der Waals surface area contributed by atoms with E-state index in [-0.39, 0.29) is 25.0 Å². The smallest absolute Gasteiger partial charge is 0.257 e. The van der Waals surface area contributed by atoms with Gasteiger partial charge in [0, 0.05) is 25.3 Å². The lowest BCUT2D eigenvalue weighted by Crippen LogP contribution is -2.39. The molecule has 0 saturated carbocycles. The second-order valence-corrected chi connectivity index (χ2v) is 5.06. The number of carbonyl (C=O) groups excluding carboxylic acids is 2. The van der Waals surface area contributed by atoms with Gasteiger partial charge in [0.05, 0.1) is 5.41 Å². The highest BCUT2D eigenvalue weighted by atomic mass is 16.5. The van der Waals surface area contributed by atoms with E-state index in [4.69, 9.17) is 10.5 Å². The van der Waals surface area contributed by atoms with Gasteiger partial charge in [0.2, 0.25) is 5.91 Å². The van der Waals surface area contributed by atoms with Gasteiger partial charge in [-0.2, -0.15) is 0 Å². The molecule has 0 aliphatic heterocycles. The number of rotatable bonds is 7. The van der Waals surface area contributed by atoms with Crippen molar-refractivity contribution in [2.45, 2.75) is 20.3 Å². The summed E-state index contributed by atoms with van der Waals surface area (Å²) in [6.07, 6.45) is 0.655. The summed E-state index contributed by atoms with van der Waals surface area (Å²) in [7, 11) is 1.54. The van der Waals surface area contributed by atoms with Crippen molar-refractivity contribution in [3.8, 4) is 5.75 Å². The second kappa shape index (κ2) is 7.64. The number of nitrogens with one attached hydrogen (secondary N) is 2. The van der Waals surface area contributed by atoms with Crippen LogP contribution in [0.1, 0.15) is 20.3 Å². The lowest BCUT2D eigenvalue weighted by Gasteiger charge is -2.25. The summed E-state index contributed by atoms with van der Waals surface area (Å²) < 4.78 is 5.33. The van der Waals surface area contributed by atoms with Gasteiger partial charge in [-0.1, -0.05) is 13.0 Å². The standard InChI is InChI=1S/C15H23N3O3/c1-4-15(2,10-16)14(20)18-11-6-5-7-12(8-11)21-9-13(19)17-3/h5-8H,4,9-10,16H2,1-3H3,(H,17,19)(H,18,20). The highest BCUT2D eigenvalue weighted by Crippen LogP contribution is 2.23. The van der Waals surface area contributed by atoms with Crippen molar-refractivity contribution in [1.29, 1.82) is 0 Å². The van der Waals surface area contributed by atoms with Crippen LogP contribution < -0.4 is 21.1 Å². The van der Waals surface area contributed by atoms with Gasteiger partial charge in [-0.05, 0) is 25.5 Å². The molecule has 1 unspecified atom stereocenters. The van der Waals surface area contributed by atoms with Gasteiger partial charge in [-0.15, -0.1) is 0 Å². The molecule has 6 nitrogen and oxygen atoms in total. The van der Waals surface area contributed by atoms with Crippen molar-refractivity contribution in [3.05, 3.63) is 24.3 Å². The van der Waals surface area contributed by atoms with E-state index in [1.807, 2.05) is 13.8 Å². The molecule has 0 spiro atoms. The number of hydrogen-bond acceptors (Lipinski definition) is 4. The number of likely N-dealkylation sites (N-methyl/N-ethyl adjacent to an activating group) is 1. The quantitative estimate of drug-likeness (QED) is 0.702. The summed E-state index contributed by atoms with van der Waals surface area (Å²) in [4.78, 5) is 23.4. The van der Waals surface area contributed by atoms with Gasteiger partial charge in [0.25, 0.3) is 5.91 Å². The van der Waals surface area contributed by atoms with Gasteiger partial charge in [0.1, 0.15) is 5.75 Å². The third-order valence-corrected chi connectivity index (χ3v) is 3.52. The molecule has 1 atom stereocenters. The molecule has 4 N–H and O–H groups in total. The van der Waals surface area contributed by atoms with Crippen LogP contribution in [0.15, 0.2) is 24.3 Å². The third-order valence-electron chi connectivity index (χ3n) is 3.52. The van der Waals surface area contributed by atoms with Crippen LogP contribution in [0.2, 0.25) is 0 Å². The monoisotopic (exact) mass is 293 g/mol. The van der Waals surface area contributed by atoms with Crippen molar-refractivity contribution in [3.63, 3.8) is 0 Å². The Hall–Kier alpha value is -2.08. The SMILES string of the molecule is CCC(C)(CN)C(=O)Nc1cccc(OCC(=O)NC)c1. The summed E-state index contributed by atoms with van der Waals surface area (Å²) >= 11 is 0. The fourth-order valence-electron chi connectivity index (χ4n) is 1.56. The minimum Gasteiger partial charge on any atom is -0.484 e. The fourth-order valence-corrected chi connectivity index (χ4v) is 1.56. The van der Waals surface area contributed by atoms with Gasteiger partial charge in [-0.25, -0.2) is 0 Å². The molecule has 0 saturated heterocycles. The molecular weight excluding hydrogens is 270 g/mol. The number of carbonyl (C=O) groups is 2. The first kappa shape index (κ1) is 17.0. The lowest BCUT2D eigenvalue weighted by atomic mass is 9.86. The predicted octanol–water partition coefficient (Wildman–Crippen LogP) is 1.12. The van der Waals surface area contributed by atoms with Crippen LogP contribution in [0.3, 0.4) is 0 Å². The molecular formula is C15H23N3O3. The first-order chi connectivity index (χ1) is 9.95. The summed E-state index contributed by atoms with van der Waals surface area (Å²) in [6, 6.07) is 6.91. The zero-order valence-electron chi connectivity index (χ0n) is 12.7. The summed E-state index contributed by atoms with van der Waals surface area (Å²) in [6.45, 7) is 3.97. The van der Waals surface area contributed by atoms with Crippen molar-refractivity contribution in [2.24, 2.45) is 11.1 Å². The van der Waals surface area contributed by atoms with E-state index in [0.29, 0.717) is 17.9 Å². The largest absolute Gasteiger partial charge is 0.484 e. The Morgan fingerprint density at radius 3 is 2.67 bits per heavy atom. The van der Waals surface area contributed by atoms with Crippen LogP contribution in [0.4, 0.5) is 5.69 Å². The molecule has 2 amide bonds. The molecule has 0 aliphatic carbocycles. The Bertz CT molecular complexity index is 499. The van der Waals surface area contributed by atoms with E-state index >= 15 is 0 Å². The van der Waals surface area contributed by atoms with Gasteiger partial charge < -0.3 is 21.1 Å². The van der Waals surface area contributed by atoms with E-state index < -0.39 is 5.41 Å². The molecule has 6 heteroatoms. The van der Waals surface area contributed by atoms with Crippen LogP contribution in [0, 0.1) is 5.41 Å². The lowest BCUT2D eigenvalue weighted by molar-refractivity contribution is -0.124. The maximum atomic E-state index is 12.2. The number of nitrogens with two attached hydrogens (primary N) is 1. The number of ether oxygens (including phenoxy) is 1. The highest BCUT2D eigenvalue weighted by molar-refractivity contribution is 5.95. The van der Waals surface area contributed by atoms with Crippen LogP contribution in [0.25, 0.3) is 0 Å². The summed E-state index contributed by atoms with van der Waals surface area (Å²) in [5.41, 5.74) is 5.68. The average molecular weight is 293 g/mol. The van der Waals surface area contributed by atoms with Crippen LogP contribution in [0.5, 0.6) is 5.75 Å². The summed E-state index contributed by atoms with van der Waals surface area (Å²) in [5, 5.41) is 5.30. The third kappa shape index (κ3) is 4.75. The minimum absolute atomic E-state index is 0.0661. The Morgan fingerprint density at radius 1 is 1.38 bits per heavy atom. The van der Waals surface area contributed by atoms with E-state index in [2.05, 4.69) is 10.6 Å². The van der Waals surface area contributed by atoms with E-state index in [9.17, 15) is 9.59 Å². The molecule has 0 bridgehead atoms. The van der Waals surface area contributed by atoms with E-state index in [0.717, 1.165) is 0 Å². The molecule has 1 aromatic rings. The molecule has 21 heavy (non-hydrogen) atoms. The van der Waals surface area contributed by atoms with E-state index in [1.165, 1.54) is 0 Å². The van der Waals surface area contributed by atoms with Crippen molar-refractivity contribution in [1.82, 2.24) is 5.32 Å². The molecule has 1 rings (SSSR count). The predicted molar refractivity (Wildman–Crippen MR) is 82.1 cm³/mol. The zero-order chi connectivity index (χ0) is 15.9. The van der Waals surface area contributed by atoms with Gasteiger partial charge >= 0.3 is 0 Å². The Balaban J connectivity index is 2.72. The normalized spacial score (nSPS) is 13.1. The Morgan fingerprint density at radius 2 is 2.10 bits per heavy atom. The topological polar surface area (TPSA) is 93.5 Å². The van der Waals surface area contributed by atoms with Crippen LogP contribution >= 0.6 is 0 Å². The molecule has 116 valence electrons. The second-order valence-electron chi connectivity index (χ2n) is 5.06. The van der Waals surface area contributed by atoms with Crippen molar-refractivity contribution >= 4 is 17.5 Å². The number of anilines is 1. The van der Waals surface area contributed by atoms with Gasteiger partial charge in [-0.3, -0.25) is 9.59 Å². The highest BCUT2D eigenvalue weighted by Gasteiger charge is 2.29. The average Bonchev–Trinajstić information content (AvgIpc) is 2.51. The maximum Gasteiger partial charge on any atom is 0.257 e. The summed E-state index contributed by atoms with van der Waals surface area (Å²) in [5.74, 6) is 0.171. The fraction of sp³-hybridized carbons (Fsp3) is 0.467. The Kier molecular flexibility index (Phi) is 6.17. The molecule has 0 aromatic heterocycles. The molecule has 1 aromatic carbocycles. The van der Waals surface area contributed by atoms with Crippen LogP contribution in [-0.4, -0.2) is 32.0 Å². The first-order valence-corrected chi connectivity index (χ1v) is 6.90. The minimum atomic E-state index is -0.598.